The Morgan fingerprint density at radius 3 is 2.79 bits per heavy atom. The highest BCUT2D eigenvalue weighted by Crippen LogP contribution is 2.29. The molecule has 130 valence electrons. The van der Waals surface area contributed by atoms with E-state index in [1.807, 2.05) is 31.4 Å². The summed E-state index contributed by atoms with van der Waals surface area (Å²) in [6.07, 6.45) is 2.45. The molecule has 24 heavy (non-hydrogen) atoms. The summed E-state index contributed by atoms with van der Waals surface area (Å²) < 4.78 is 7.38. The van der Waals surface area contributed by atoms with Gasteiger partial charge in [-0.15, -0.1) is 0 Å². The van der Waals surface area contributed by atoms with Crippen molar-refractivity contribution in [2.75, 3.05) is 13.1 Å². The number of ether oxygens (including phenoxy) is 1. The van der Waals surface area contributed by atoms with Crippen molar-refractivity contribution < 1.29 is 9.53 Å². The smallest absolute Gasteiger partial charge is 0.410 e. The molecular weight excluding hydrogens is 304 g/mol. The maximum absolute atomic E-state index is 12.3. The molecule has 3 rings (SSSR count). The average molecular weight is 330 g/mol. The summed E-state index contributed by atoms with van der Waals surface area (Å²) in [5, 5.41) is 4.36. The first-order valence-electron chi connectivity index (χ1n) is 8.57. The van der Waals surface area contributed by atoms with Crippen LogP contribution in [0.15, 0.2) is 18.3 Å². The van der Waals surface area contributed by atoms with Crippen molar-refractivity contribution in [2.24, 2.45) is 0 Å². The van der Waals surface area contributed by atoms with Gasteiger partial charge in [0.15, 0.2) is 5.65 Å². The Bertz CT molecular complexity index is 745. The normalized spacial score (nSPS) is 18.6. The Hall–Kier alpha value is -2.11. The molecule has 1 aliphatic rings. The number of fused-ring (bicyclic) bond motifs is 1. The van der Waals surface area contributed by atoms with Gasteiger partial charge in [-0.05, 0) is 39.2 Å². The molecule has 2 aromatic rings. The lowest BCUT2D eigenvalue weighted by molar-refractivity contribution is 0.0292. The minimum absolute atomic E-state index is 0.237. The SMILES string of the molecule is CC(C)c1cc(C2CCN(C(=O)OC(C)(C)C)C2)nc2ccnn12. The molecule has 6 nitrogen and oxygen atoms in total. The standard InChI is InChI=1S/C18H26N4O2/c1-12(2)15-10-14(20-16-6-8-19-22(15)16)13-7-9-21(11-13)17(23)24-18(3,4)5/h6,8,10,12-13H,7,9,11H2,1-5H3. The van der Waals surface area contributed by atoms with Gasteiger partial charge in [-0.3, -0.25) is 0 Å². The second kappa shape index (κ2) is 6.07. The van der Waals surface area contributed by atoms with E-state index in [2.05, 4.69) is 25.0 Å². The van der Waals surface area contributed by atoms with Crippen molar-refractivity contribution in [1.82, 2.24) is 19.5 Å². The third-order valence-corrected chi connectivity index (χ3v) is 4.26. The Kier molecular flexibility index (Phi) is 4.24. The molecule has 1 saturated heterocycles. The molecular formula is C18H26N4O2. The first-order valence-corrected chi connectivity index (χ1v) is 8.57. The van der Waals surface area contributed by atoms with E-state index in [4.69, 9.17) is 9.72 Å². The van der Waals surface area contributed by atoms with Crippen molar-refractivity contribution in [3.05, 3.63) is 29.7 Å². The van der Waals surface area contributed by atoms with Crippen LogP contribution in [0, 0.1) is 0 Å². The van der Waals surface area contributed by atoms with Crippen molar-refractivity contribution in [3.8, 4) is 0 Å². The van der Waals surface area contributed by atoms with Gasteiger partial charge in [-0.1, -0.05) is 13.8 Å². The Labute approximate surface area is 142 Å². The molecule has 1 unspecified atom stereocenters. The van der Waals surface area contributed by atoms with Gasteiger partial charge < -0.3 is 9.64 Å². The van der Waals surface area contributed by atoms with E-state index in [0.717, 1.165) is 23.5 Å². The molecule has 0 N–H and O–H groups in total. The second-order valence-electron chi connectivity index (χ2n) is 7.77. The number of hydrogen-bond acceptors (Lipinski definition) is 4. The summed E-state index contributed by atoms with van der Waals surface area (Å²) in [5.74, 6) is 0.604. The number of carbonyl (C=O) groups excluding carboxylic acids is 1. The number of nitrogens with zero attached hydrogens (tertiary/aromatic N) is 4. The highest BCUT2D eigenvalue weighted by Gasteiger charge is 2.31. The molecule has 0 bridgehead atoms. The van der Waals surface area contributed by atoms with E-state index in [1.165, 1.54) is 0 Å². The van der Waals surface area contributed by atoms with E-state index in [0.29, 0.717) is 19.0 Å². The van der Waals surface area contributed by atoms with E-state index in [9.17, 15) is 4.79 Å². The molecule has 3 heterocycles. The van der Waals surface area contributed by atoms with Crippen LogP contribution in [0.3, 0.4) is 0 Å². The largest absolute Gasteiger partial charge is 0.444 e. The van der Waals surface area contributed by atoms with Gasteiger partial charge in [0.2, 0.25) is 0 Å². The monoisotopic (exact) mass is 330 g/mol. The number of aromatic nitrogens is 3. The summed E-state index contributed by atoms with van der Waals surface area (Å²) in [6.45, 7) is 11.4. The van der Waals surface area contributed by atoms with Gasteiger partial charge in [0.25, 0.3) is 0 Å². The van der Waals surface area contributed by atoms with Crippen LogP contribution in [0.2, 0.25) is 0 Å². The van der Waals surface area contributed by atoms with Gasteiger partial charge in [0, 0.05) is 36.5 Å². The Balaban J connectivity index is 1.81. The van der Waals surface area contributed by atoms with E-state index < -0.39 is 5.60 Å². The summed E-state index contributed by atoms with van der Waals surface area (Å²) in [7, 11) is 0. The second-order valence-corrected chi connectivity index (χ2v) is 7.77. The lowest BCUT2D eigenvalue weighted by Gasteiger charge is -2.24. The first-order chi connectivity index (χ1) is 11.2. The molecule has 0 radical (unpaired) electrons. The lowest BCUT2D eigenvalue weighted by atomic mass is 10.0. The quantitative estimate of drug-likeness (QED) is 0.844. The molecule has 0 aromatic carbocycles. The number of hydrogen-bond donors (Lipinski definition) is 0. The van der Waals surface area contributed by atoms with Crippen LogP contribution in [0.25, 0.3) is 5.65 Å². The highest BCUT2D eigenvalue weighted by atomic mass is 16.6. The Morgan fingerprint density at radius 1 is 1.38 bits per heavy atom. The fourth-order valence-electron chi connectivity index (χ4n) is 3.07. The summed E-state index contributed by atoms with van der Waals surface area (Å²) in [5.41, 5.74) is 2.59. The van der Waals surface area contributed by atoms with Crippen molar-refractivity contribution >= 4 is 11.7 Å². The van der Waals surface area contributed by atoms with E-state index in [1.54, 1.807) is 11.1 Å². The van der Waals surface area contributed by atoms with Crippen LogP contribution < -0.4 is 0 Å². The number of likely N-dealkylation sites (tertiary alicyclic amines) is 1. The third-order valence-electron chi connectivity index (χ3n) is 4.26. The molecule has 0 aliphatic carbocycles. The lowest BCUT2D eigenvalue weighted by Crippen LogP contribution is -2.35. The maximum Gasteiger partial charge on any atom is 0.410 e. The van der Waals surface area contributed by atoms with Gasteiger partial charge in [-0.25, -0.2) is 14.3 Å². The molecule has 1 fully saturated rings. The molecule has 1 aliphatic heterocycles. The van der Waals surface area contributed by atoms with Crippen LogP contribution in [0.4, 0.5) is 4.79 Å². The summed E-state index contributed by atoms with van der Waals surface area (Å²) in [4.78, 5) is 18.8. The number of amides is 1. The minimum Gasteiger partial charge on any atom is -0.444 e. The van der Waals surface area contributed by atoms with Gasteiger partial charge in [-0.2, -0.15) is 5.10 Å². The van der Waals surface area contributed by atoms with Crippen molar-refractivity contribution in [3.63, 3.8) is 0 Å². The molecule has 6 heteroatoms. The number of rotatable bonds is 2. The average Bonchev–Trinajstić information content (AvgIpc) is 3.13. The Morgan fingerprint density at radius 2 is 2.12 bits per heavy atom. The number of carbonyl (C=O) groups is 1. The first kappa shape index (κ1) is 16.7. The molecule has 1 amide bonds. The zero-order valence-corrected chi connectivity index (χ0v) is 15.1. The van der Waals surface area contributed by atoms with Crippen LogP contribution in [-0.2, 0) is 4.74 Å². The fraction of sp³-hybridized carbons (Fsp3) is 0.611. The predicted molar refractivity (Wildman–Crippen MR) is 92.2 cm³/mol. The zero-order chi connectivity index (χ0) is 17.5. The van der Waals surface area contributed by atoms with E-state index in [-0.39, 0.29) is 12.0 Å². The minimum atomic E-state index is -0.464. The predicted octanol–water partition coefficient (Wildman–Crippen LogP) is 3.58. The van der Waals surface area contributed by atoms with Crippen LogP contribution in [0.1, 0.15) is 64.3 Å². The topological polar surface area (TPSA) is 59.7 Å². The maximum atomic E-state index is 12.3. The fourth-order valence-corrected chi connectivity index (χ4v) is 3.07. The molecule has 2 aromatic heterocycles. The van der Waals surface area contributed by atoms with Crippen molar-refractivity contribution in [1.29, 1.82) is 0 Å². The van der Waals surface area contributed by atoms with Crippen LogP contribution in [-0.4, -0.2) is 44.3 Å². The van der Waals surface area contributed by atoms with Gasteiger partial charge in [0.1, 0.15) is 5.60 Å². The molecule has 1 atom stereocenters. The molecule has 0 spiro atoms. The van der Waals surface area contributed by atoms with Gasteiger partial charge >= 0.3 is 6.09 Å². The van der Waals surface area contributed by atoms with Gasteiger partial charge in [0.05, 0.1) is 6.20 Å². The highest BCUT2D eigenvalue weighted by molar-refractivity contribution is 5.68. The summed E-state index contributed by atoms with van der Waals surface area (Å²) in [6, 6.07) is 4.06. The molecule has 0 saturated carbocycles. The zero-order valence-electron chi connectivity index (χ0n) is 15.1. The van der Waals surface area contributed by atoms with E-state index >= 15 is 0 Å². The van der Waals surface area contributed by atoms with Crippen LogP contribution >= 0.6 is 0 Å². The van der Waals surface area contributed by atoms with Crippen LogP contribution in [0.5, 0.6) is 0 Å². The summed E-state index contributed by atoms with van der Waals surface area (Å²) >= 11 is 0. The third kappa shape index (κ3) is 3.37. The van der Waals surface area contributed by atoms with Crippen molar-refractivity contribution in [2.45, 2.75) is 58.5 Å².